The molecule has 1 aromatic carbocycles. The molecule has 0 atom stereocenters. The second kappa shape index (κ2) is 6.83. The minimum atomic E-state index is -0.381. The van der Waals surface area contributed by atoms with Crippen LogP contribution in [0.5, 0.6) is 11.5 Å². The summed E-state index contributed by atoms with van der Waals surface area (Å²) in [6, 6.07) is 7.04. The van der Waals surface area contributed by atoms with E-state index in [4.69, 9.17) is 9.47 Å². The van der Waals surface area contributed by atoms with Crippen molar-refractivity contribution in [1.82, 2.24) is 9.97 Å². The van der Waals surface area contributed by atoms with Crippen LogP contribution >= 0.6 is 0 Å². The third-order valence-corrected chi connectivity index (χ3v) is 4.96. The molecule has 0 aliphatic heterocycles. The third-order valence-electron chi connectivity index (χ3n) is 4.96. The van der Waals surface area contributed by atoms with Gasteiger partial charge < -0.3 is 24.8 Å². The number of nitrogens with one attached hydrogen (secondary N) is 3. The number of benzene rings is 1. The zero-order valence-electron chi connectivity index (χ0n) is 15.3. The van der Waals surface area contributed by atoms with Gasteiger partial charge in [-0.05, 0) is 43.4 Å². The highest BCUT2D eigenvalue weighted by molar-refractivity contribution is 6.06. The summed E-state index contributed by atoms with van der Waals surface area (Å²) in [5.41, 5.74) is 3.12. The van der Waals surface area contributed by atoms with Gasteiger partial charge in [0.05, 0.1) is 19.7 Å². The van der Waals surface area contributed by atoms with Crippen LogP contribution in [0.15, 0.2) is 29.1 Å². The largest absolute Gasteiger partial charge is 0.497 e. The van der Waals surface area contributed by atoms with E-state index in [9.17, 15) is 9.59 Å². The van der Waals surface area contributed by atoms with Gasteiger partial charge in [0.2, 0.25) is 0 Å². The van der Waals surface area contributed by atoms with Crippen LogP contribution in [0, 0.1) is 0 Å². The summed E-state index contributed by atoms with van der Waals surface area (Å²) < 4.78 is 10.6. The summed E-state index contributed by atoms with van der Waals surface area (Å²) in [5, 5.41) is 3.48. The van der Waals surface area contributed by atoms with E-state index in [-0.39, 0.29) is 17.2 Å². The van der Waals surface area contributed by atoms with Crippen LogP contribution in [0.3, 0.4) is 0 Å². The quantitative estimate of drug-likeness (QED) is 0.660. The lowest BCUT2D eigenvalue weighted by molar-refractivity contribution is 0.102. The van der Waals surface area contributed by atoms with Crippen LogP contribution in [0.1, 0.15) is 34.6 Å². The van der Waals surface area contributed by atoms with Gasteiger partial charge in [-0.2, -0.15) is 0 Å². The Morgan fingerprint density at radius 1 is 1.04 bits per heavy atom. The van der Waals surface area contributed by atoms with E-state index in [1.54, 1.807) is 38.5 Å². The van der Waals surface area contributed by atoms with Gasteiger partial charge in [0.15, 0.2) is 0 Å². The number of rotatable bonds is 4. The third kappa shape index (κ3) is 3.16. The predicted molar refractivity (Wildman–Crippen MR) is 103 cm³/mol. The molecule has 0 saturated carbocycles. The number of fused-ring (bicyclic) bond motifs is 2. The van der Waals surface area contributed by atoms with E-state index in [0.29, 0.717) is 17.2 Å². The van der Waals surface area contributed by atoms with Gasteiger partial charge in [-0.15, -0.1) is 0 Å². The summed E-state index contributed by atoms with van der Waals surface area (Å²) in [6.07, 6.45) is 3.96. The summed E-state index contributed by atoms with van der Waals surface area (Å²) in [7, 11) is 3.13. The van der Waals surface area contributed by atoms with Crippen molar-refractivity contribution in [2.24, 2.45) is 0 Å². The molecule has 2 heterocycles. The molecule has 140 valence electrons. The normalized spacial score (nSPS) is 13.3. The molecule has 7 heteroatoms. The Bertz CT molecular complexity index is 1080. The summed E-state index contributed by atoms with van der Waals surface area (Å²) in [6.45, 7) is 0. The van der Waals surface area contributed by atoms with Gasteiger partial charge in [0.25, 0.3) is 11.5 Å². The van der Waals surface area contributed by atoms with Crippen molar-refractivity contribution in [1.29, 1.82) is 0 Å². The van der Waals surface area contributed by atoms with Crippen LogP contribution < -0.4 is 20.3 Å². The Balaban J connectivity index is 1.66. The first-order valence-corrected chi connectivity index (χ1v) is 8.90. The summed E-state index contributed by atoms with van der Waals surface area (Å²) >= 11 is 0. The number of aromatic amines is 2. The molecule has 0 spiro atoms. The molecule has 27 heavy (non-hydrogen) atoms. The Morgan fingerprint density at radius 3 is 2.63 bits per heavy atom. The van der Waals surface area contributed by atoms with Crippen LogP contribution in [0.4, 0.5) is 5.69 Å². The monoisotopic (exact) mass is 367 g/mol. The SMILES string of the molecule is COc1cc(OC)c2cc(C(=O)Nc3cc4c([nH]c3=O)CCCC4)[nH]c2c1. The maximum absolute atomic E-state index is 12.7. The van der Waals surface area contributed by atoms with Crippen molar-refractivity contribution >= 4 is 22.5 Å². The average Bonchev–Trinajstić information content (AvgIpc) is 3.12. The molecular formula is C20H21N3O4. The van der Waals surface area contributed by atoms with E-state index >= 15 is 0 Å². The van der Waals surface area contributed by atoms with Gasteiger partial charge >= 0.3 is 0 Å². The lowest BCUT2D eigenvalue weighted by Gasteiger charge is -2.16. The molecule has 0 fully saturated rings. The molecule has 0 radical (unpaired) electrons. The molecule has 1 amide bonds. The van der Waals surface area contributed by atoms with Crippen molar-refractivity contribution < 1.29 is 14.3 Å². The second-order valence-electron chi connectivity index (χ2n) is 6.65. The second-order valence-corrected chi connectivity index (χ2v) is 6.65. The van der Waals surface area contributed by atoms with Gasteiger partial charge in [-0.25, -0.2) is 0 Å². The van der Waals surface area contributed by atoms with Gasteiger partial charge in [0.1, 0.15) is 22.9 Å². The highest BCUT2D eigenvalue weighted by Crippen LogP contribution is 2.31. The van der Waals surface area contributed by atoms with Crippen LogP contribution in [-0.2, 0) is 12.8 Å². The van der Waals surface area contributed by atoms with Gasteiger partial charge in [0, 0.05) is 23.2 Å². The highest BCUT2D eigenvalue weighted by atomic mass is 16.5. The molecule has 3 N–H and O–H groups in total. The summed E-state index contributed by atoms with van der Waals surface area (Å²) in [5.74, 6) is 0.846. The van der Waals surface area contributed by atoms with E-state index in [2.05, 4.69) is 15.3 Å². The Labute approximate surface area is 155 Å². The smallest absolute Gasteiger partial charge is 0.272 e. The molecule has 0 saturated heterocycles. The van der Waals surface area contributed by atoms with E-state index in [1.165, 1.54) is 0 Å². The lowest BCUT2D eigenvalue weighted by Crippen LogP contribution is -2.23. The number of aromatic nitrogens is 2. The highest BCUT2D eigenvalue weighted by Gasteiger charge is 2.17. The van der Waals surface area contributed by atoms with Crippen LogP contribution in [0.2, 0.25) is 0 Å². The van der Waals surface area contributed by atoms with Crippen molar-refractivity contribution in [3.05, 3.63) is 51.6 Å². The number of carbonyl (C=O) groups is 1. The Hall–Kier alpha value is -3.22. The minimum absolute atomic E-state index is 0.267. The zero-order valence-corrected chi connectivity index (χ0v) is 15.3. The molecule has 1 aliphatic rings. The van der Waals surface area contributed by atoms with Crippen molar-refractivity contribution in [3.63, 3.8) is 0 Å². The number of hydrogen-bond acceptors (Lipinski definition) is 4. The number of amides is 1. The molecule has 3 aromatic rings. The van der Waals surface area contributed by atoms with Crippen molar-refractivity contribution in [2.75, 3.05) is 19.5 Å². The summed E-state index contributed by atoms with van der Waals surface area (Å²) in [4.78, 5) is 30.9. The number of pyridine rings is 1. The number of carbonyl (C=O) groups excluding carboxylic acids is 1. The molecule has 0 bridgehead atoms. The number of H-pyrrole nitrogens is 2. The topological polar surface area (TPSA) is 96.2 Å². The maximum Gasteiger partial charge on any atom is 0.272 e. The Kier molecular flexibility index (Phi) is 4.35. The first-order valence-electron chi connectivity index (χ1n) is 8.90. The Morgan fingerprint density at radius 2 is 1.85 bits per heavy atom. The van der Waals surface area contributed by atoms with E-state index in [1.807, 2.05) is 0 Å². The standard InChI is InChI=1S/C20H21N3O4/c1-26-12-8-15-13(18(9-12)27-2)10-17(21-15)20(25)23-16-7-11-5-3-4-6-14(11)22-19(16)24/h7-10,21H,3-6H2,1-2H3,(H,22,24)(H,23,25). The first-order chi connectivity index (χ1) is 13.1. The fraction of sp³-hybridized carbons (Fsp3) is 0.300. The molecule has 4 rings (SSSR count). The molecular weight excluding hydrogens is 346 g/mol. The minimum Gasteiger partial charge on any atom is -0.497 e. The number of methoxy groups -OCH3 is 2. The number of anilines is 1. The van der Waals surface area contributed by atoms with Crippen molar-refractivity contribution in [3.8, 4) is 11.5 Å². The lowest BCUT2D eigenvalue weighted by atomic mass is 9.96. The number of hydrogen-bond donors (Lipinski definition) is 3. The molecule has 0 unspecified atom stereocenters. The molecule has 1 aliphatic carbocycles. The predicted octanol–water partition coefficient (Wildman–Crippen LogP) is 3.00. The van der Waals surface area contributed by atoms with Gasteiger partial charge in [-0.1, -0.05) is 0 Å². The number of ether oxygens (including phenoxy) is 2. The van der Waals surface area contributed by atoms with Crippen LogP contribution in [0.25, 0.3) is 10.9 Å². The average molecular weight is 367 g/mol. The first kappa shape index (κ1) is 17.2. The van der Waals surface area contributed by atoms with E-state index < -0.39 is 0 Å². The van der Waals surface area contributed by atoms with Crippen LogP contribution in [-0.4, -0.2) is 30.1 Å². The number of aryl methyl sites for hydroxylation is 2. The molecule has 2 aromatic heterocycles. The van der Waals surface area contributed by atoms with Crippen molar-refractivity contribution in [2.45, 2.75) is 25.7 Å². The van der Waals surface area contributed by atoms with E-state index in [0.717, 1.165) is 47.8 Å². The van der Waals surface area contributed by atoms with Gasteiger partial charge in [-0.3, -0.25) is 9.59 Å². The fourth-order valence-corrected chi connectivity index (χ4v) is 3.55. The maximum atomic E-state index is 12.7. The zero-order chi connectivity index (χ0) is 19.0. The fourth-order valence-electron chi connectivity index (χ4n) is 3.55. The molecule has 7 nitrogen and oxygen atoms in total.